The number of rotatable bonds is 6. The predicted molar refractivity (Wildman–Crippen MR) is 82.4 cm³/mol. The van der Waals surface area contributed by atoms with Crippen LogP contribution in [0.1, 0.15) is 80.1 Å². The molecule has 0 aromatic rings. The molecule has 4 unspecified atom stereocenters. The van der Waals surface area contributed by atoms with Gasteiger partial charge >= 0.3 is 0 Å². The van der Waals surface area contributed by atoms with Crippen LogP contribution in [-0.2, 0) is 0 Å². The summed E-state index contributed by atoms with van der Waals surface area (Å²) in [5.74, 6) is 6.65. The Labute approximate surface area is 116 Å². The van der Waals surface area contributed by atoms with Crippen LogP contribution in [0.2, 0.25) is 0 Å². The van der Waals surface area contributed by atoms with Gasteiger partial charge in [0, 0.05) is 0 Å². The molecule has 0 bridgehead atoms. The lowest BCUT2D eigenvalue weighted by Crippen LogP contribution is -2.44. The number of hydrogen-bond donors (Lipinski definition) is 0. The summed E-state index contributed by atoms with van der Waals surface area (Å²) in [5, 5.41) is 0. The van der Waals surface area contributed by atoms with E-state index in [2.05, 4.69) is 41.5 Å². The molecule has 1 saturated carbocycles. The third-order valence-electron chi connectivity index (χ3n) is 5.79. The van der Waals surface area contributed by atoms with Gasteiger partial charge in [-0.05, 0) is 41.9 Å². The summed E-state index contributed by atoms with van der Waals surface area (Å²) in [6.07, 6.45) is 8.21. The lowest BCUT2D eigenvalue weighted by molar-refractivity contribution is 0.0427. The fourth-order valence-electron chi connectivity index (χ4n) is 5.17. The summed E-state index contributed by atoms with van der Waals surface area (Å²) in [7, 11) is 0. The maximum atomic E-state index is 2.42. The van der Waals surface area contributed by atoms with E-state index >= 15 is 0 Å². The van der Waals surface area contributed by atoms with Crippen molar-refractivity contribution in [2.24, 2.45) is 29.6 Å². The van der Waals surface area contributed by atoms with Gasteiger partial charge in [0.05, 0.1) is 0 Å². The van der Waals surface area contributed by atoms with Gasteiger partial charge in [-0.3, -0.25) is 0 Å². The zero-order valence-corrected chi connectivity index (χ0v) is 13.6. The van der Waals surface area contributed by atoms with E-state index in [1.165, 1.54) is 38.5 Å². The van der Waals surface area contributed by atoms with Crippen molar-refractivity contribution in [3.05, 3.63) is 5.92 Å². The highest BCUT2D eigenvalue weighted by molar-refractivity contribution is 5.10. The molecule has 0 heterocycles. The molecule has 18 heavy (non-hydrogen) atoms. The van der Waals surface area contributed by atoms with E-state index in [1.807, 2.05) is 5.92 Å². The maximum absolute atomic E-state index is 2.42. The minimum Gasteiger partial charge on any atom is -0.0651 e. The predicted octanol–water partition coefficient (Wildman–Crippen LogP) is 6.12. The highest BCUT2D eigenvalue weighted by Crippen LogP contribution is 2.53. The molecule has 0 nitrogen and oxygen atoms in total. The summed E-state index contributed by atoms with van der Waals surface area (Å²) in [6.45, 7) is 14.5. The minimum absolute atomic E-state index is 0.915. The van der Waals surface area contributed by atoms with E-state index in [0.717, 1.165) is 29.6 Å². The molecule has 0 heteroatoms. The molecule has 0 saturated heterocycles. The first-order chi connectivity index (χ1) is 8.69. The lowest BCUT2D eigenvalue weighted by atomic mass is 9.53. The second-order valence-electron chi connectivity index (χ2n) is 6.17. The van der Waals surface area contributed by atoms with Crippen LogP contribution in [-0.4, -0.2) is 0 Å². The minimum atomic E-state index is 0.915. The lowest BCUT2D eigenvalue weighted by Gasteiger charge is -2.52. The van der Waals surface area contributed by atoms with Crippen molar-refractivity contribution in [1.82, 2.24) is 0 Å². The second kappa shape index (κ2) is 7.56. The van der Waals surface area contributed by atoms with Gasteiger partial charge in [-0.25, -0.2) is 0 Å². The fourth-order valence-corrected chi connectivity index (χ4v) is 5.17. The highest BCUT2D eigenvalue weighted by Gasteiger charge is 2.45. The normalized spacial score (nSPS) is 38.0. The van der Waals surface area contributed by atoms with Crippen LogP contribution in [0.4, 0.5) is 0 Å². The fraction of sp³-hybridized carbons (Fsp3) is 0.944. The Morgan fingerprint density at radius 3 is 1.17 bits per heavy atom. The first-order valence-corrected chi connectivity index (χ1v) is 8.55. The van der Waals surface area contributed by atoms with Crippen LogP contribution in [0.3, 0.4) is 0 Å². The molecule has 107 valence electrons. The molecule has 4 atom stereocenters. The molecule has 0 spiro atoms. The average molecular weight is 251 g/mol. The molecule has 0 N–H and O–H groups in total. The van der Waals surface area contributed by atoms with Crippen molar-refractivity contribution in [1.29, 1.82) is 0 Å². The van der Waals surface area contributed by atoms with Crippen LogP contribution >= 0.6 is 0 Å². The summed E-state index contributed by atoms with van der Waals surface area (Å²) in [5.41, 5.74) is 0. The second-order valence-corrected chi connectivity index (χ2v) is 6.17. The van der Waals surface area contributed by atoms with Gasteiger partial charge in [-0.1, -0.05) is 73.6 Å². The zero-order chi connectivity index (χ0) is 13.7. The standard InChI is InChI=1S/C18H35/c1-7-13-14(8-2)16(10-4)18(12-6)17(11-5)15(13)9-3/h13-17H,7-12H2,1-6H3. The molecule has 1 aliphatic rings. The van der Waals surface area contributed by atoms with E-state index < -0.39 is 0 Å². The Morgan fingerprint density at radius 1 is 0.556 bits per heavy atom. The number of hydrogen-bond acceptors (Lipinski definition) is 0. The van der Waals surface area contributed by atoms with Gasteiger partial charge in [0.15, 0.2) is 0 Å². The molecule has 1 rings (SSSR count). The Bertz CT molecular complexity index is 146. The average Bonchev–Trinajstić information content (AvgIpc) is 2.43. The van der Waals surface area contributed by atoms with Gasteiger partial charge in [0.1, 0.15) is 0 Å². The van der Waals surface area contributed by atoms with Gasteiger partial charge < -0.3 is 0 Å². The van der Waals surface area contributed by atoms with Crippen molar-refractivity contribution in [2.75, 3.05) is 0 Å². The Hall–Kier alpha value is 0. The van der Waals surface area contributed by atoms with Crippen molar-refractivity contribution in [2.45, 2.75) is 80.1 Å². The Kier molecular flexibility index (Phi) is 6.74. The topological polar surface area (TPSA) is 0 Å². The van der Waals surface area contributed by atoms with Crippen molar-refractivity contribution in [3.8, 4) is 0 Å². The van der Waals surface area contributed by atoms with Gasteiger partial charge in [0.2, 0.25) is 0 Å². The molecule has 0 amide bonds. The third kappa shape index (κ3) is 2.78. The van der Waals surface area contributed by atoms with E-state index in [1.54, 1.807) is 0 Å². The summed E-state index contributed by atoms with van der Waals surface area (Å²) >= 11 is 0. The van der Waals surface area contributed by atoms with Crippen LogP contribution in [0.25, 0.3) is 0 Å². The monoisotopic (exact) mass is 251 g/mol. The molecule has 0 aliphatic heterocycles. The first kappa shape index (κ1) is 16.1. The molecule has 1 fully saturated rings. The van der Waals surface area contributed by atoms with Gasteiger partial charge in [-0.15, -0.1) is 0 Å². The van der Waals surface area contributed by atoms with Crippen LogP contribution in [0, 0.1) is 35.5 Å². The zero-order valence-electron chi connectivity index (χ0n) is 13.6. The molecule has 1 aliphatic carbocycles. The smallest absolute Gasteiger partial charge is 0.0176 e. The van der Waals surface area contributed by atoms with Crippen molar-refractivity contribution >= 4 is 0 Å². The van der Waals surface area contributed by atoms with E-state index in [9.17, 15) is 0 Å². The quantitative estimate of drug-likeness (QED) is 0.534. The Morgan fingerprint density at radius 2 is 0.944 bits per heavy atom. The molecule has 0 aromatic carbocycles. The van der Waals surface area contributed by atoms with E-state index in [0.29, 0.717) is 0 Å². The summed E-state index contributed by atoms with van der Waals surface area (Å²) in [6, 6.07) is 0. The van der Waals surface area contributed by atoms with Gasteiger partial charge in [-0.2, -0.15) is 0 Å². The molecular weight excluding hydrogens is 216 g/mol. The molecule has 0 aromatic heterocycles. The Balaban J connectivity index is 3.06. The van der Waals surface area contributed by atoms with E-state index in [4.69, 9.17) is 0 Å². The van der Waals surface area contributed by atoms with Crippen molar-refractivity contribution in [3.63, 3.8) is 0 Å². The summed E-state index contributed by atoms with van der Waals surface area (Å²) in [4.78, 5) is 0. The van der Waals surface area contributed by atoms with Crippen LogP contribution in [0.5, 0.6) is 0 Å². The van der Waals surface area contributed by atoms with Gasteiger partial charge in [0.25, 0.3) is 0 Å². The molecular formula is C18H35. The molecule has 1 radical (unpaired) electrons. The van der Waals surface area contributed by atoms with Crippen molar-refractivity contribution < 1.29 is 0 Å². The SMILES string of the molecule is CC[C]1C(CC)C(CC)C(CC)C(CC)C1CC. The summed E-state index contributed by atoms with van der Waals surface area (Å²) < 4.78 is 0. The first-order valence-electron chi connectivity index (χ1n) is 8.55. The highest BCUT2D eigenvalue weighted by atomic mass is 14.5. The maximum Gasteiger partial charge on any atom is -0.0176 e. The van der Waals surface area contributed by atoms with Crippen LogP contribution in [0.15, 0.2) is 0 Å². The largest absolute Gasteiger partial charge is 0.0651 e. The third-order valence-corrected chi connectivity index (χ3v) is 5.79. The van der Waals surface area contributed by atoms with E-state index in [-0.39, 0.29) is 0 Å². The van der Waals surface area contributed by atoms with Crippen LogP contribution < -0.4 is 0 Å².